The van der Waals surface area contributed by atoms with Crippen LogP contribution in [-0.2, 0) is 17.4 Å². The number of carboxylic acid groups (broad SMARTS) is 1. The van der Waals surface area contributed by atoms with Gasteiger partial charge in [-0.05, 0) is 42.3 Å². The minimum absolute atomic E-state index is 0.168. The summed E-state index contributed by atoms with van der Waals surface area (Å²) in [5.41, 5.74) is 0.165. The summed E-state index contributed by atoms with van der Waals surface area (Å²) in [4.78, 5) is 10.9. The summed E-state index contributed by atoms with van der Waals surface area (Å²) < 4.78 is 48.8. The molecule has 0 bridgehead atoms. The molecule has 0 aliphatic carbocycles. The van der Waals surface area contributed by atoms with Crippen LogP contribution >= 0.6 is 0 Å². The van der Waals surface area contributed by atoms with Gasteiger partial charge in [0.05, 0.1) is 24.7 Å². The van der Waals surface area contributed by atoms with Gasteiger partial charge in [-0.3, -0.25) is 4.79 Å². The van der Waals surface area contributed by atoms with E-state index in [0.29, 0.717) is 25.2 Å². The van der Waals surface area contributed by atoms with Crippen LogP contribution < -0.4 is 9.47 Å². The molecule has 7 heteroatoms. The molecule has 0 fully saturated rings. The highest BCUT2D eigenvalue weighted by atomic mass is 19.4. The molecule has 1 N–H and O–H groups in total. The van der Waals surface area contributed by atoms with Crippen LogP contribution in [0.3, 0.4) is 0 Å². The van der Waals surface area contributed by atoms with Gasteiger partial charge in [0.15, 0.2) is 0 Å². The van der Waals surface area contributed by atoms with Crippen molar-refractivity contribution in [3.05, 3.63) is 59.7 Å². The number of rotatable bonds is 9. The third-order valence-corrected chi connectivity index (χ3v) is 3.87. The third kappa shape index (κ3) is 6.84. The molecule has 1 atom stereocenters. The van der Waals surface area contributed by atoms with E-state index in [1.807, 2.05) is 12.1 Å². The highest BCUT2D eigenvalue weighted by Gasteiger charge is 2.30. The summed E-state index contributed by atoms with van der Waals surface area (Å²) in [6.07, 6.45) is -3.44. The molecule has 146 valence electrons. The monoisotopic (exact) mass is 382 g/mol. The standard InChI is InChI=1S/C20H21F3O4/c1-14(19(24)25)12-15-6-8-17(9-7-15)26-10-3-11-27-18-5-2-4-16(13-18)20(21,22)23/h2,4-9,13-14H,3,10-12H2,1H3,(H,24,25). The van der Waals surface area contributed by atoms with Crippen molar-refractivity contribution in [1.82, 2.24) is 0 Å². The Bertz CT molecular complexity index is 742. The van der Waals surface area contributed by atoms with Crippen molar-refractivity contribution in [2.24, 2.45) is 5.92 Å². The number of benzene rings is 2. The van der Waals surface area contributed by atoms with E-state index in [9.17, 15) is 18.0 Å². The lowest BCUT2D eigenvalue weighted by molar-refractivity contribution is -0.141. The molecule has 0 saturated carbocycles. The number of ether oxygens (including phenoxy) is 2. The van der Waals surface area contributed by atoms with Crippen LogP contribution in [0.5, 0.6) is 11.5 Å². The first-order valence-electron chi connectivity index (χ1n) is 8.50. The molecule has 2 aromatic rings. The van der Waals surface area contributed by atoms with Crippen LogP contribution in [0.15, 0.2) is 48.5 Å². The van der Waals surface area contributed by atoms with Gasteiger partial charge in [0.25, 0.3) is 0 Å². The molecule has 1 unspecified atom stereocenters. The van der Waals surface area contributed by atoms with Crippen LogP contribution in [0.1, 0.15) is 24.5 Å². The molecule has 2 aromatic carbocycles. The van der Waals surface area contributed by atoms with Gasteiger partial charge >= 0.3 is 12.1 Å². The Balaban J connectivity index is 1.72. The van der Waals surface area contributed by atoms with Gasteiger partial charge in [-0.25, -0.2) is 0 Å². The second-order valence-electron chi connectivity index (χ2n) is 6.16. The van der Waals surface area contributed by atoms with Crippen LogP contribution in [-0.4, -0.2) is 24.3 Å². The molecule has 2 rings (SSSR count). The van der Waals surface area contributed by atoms with Crippen molar-refractivity contribution in [3.63, 3.8) is 0 Å². The Kier molecular flexibility index (Phi) is 7.10. The summed E-state index contributed by atoms with van der Waals surface area (Å²) in [7, 11) is 0. The van der Waals surface area contributed by atoms with E-state index in [1.54, 1.807) is 19.1 Å². The van der Waals surface area contributed by atoms with E-state index in [2.05, 4.69) is 0 Å². The van der Waals surface area contributed by atoms with Crippen molar-refractivity contribution in [3.8, 4) is 11.5 Å². The van der Waals surface area contributed by atoms with Crippen molar-refractivity contribution >= 4 is 5.97 Å². The molecule has 0 aliphatic heterocycles. The van der Waals surface area contributed by atoms with Crippen LogP contribution in [0.2, 0.25) is 0 Å². The summed E-state index contributed by atoms with van der Waals surface area (Å²) in [6.45, 7) is 2.23. The molecule has 0 radical (unpaired) electrons. The fourth-order valence-electron chi connectivity index (χ4n) is 2.36. The average Bonchev–Trinajstić information content (AvgIpc) is 2.62. The second-order valence-corrected chi connectivity index (χ2v) is 6.16. The predicted octanol–water partition coefficient (Wildman–Crippen LogP) is 4.82. The molecule has 0 saturated heterocycles. The molecule has 0 heterocycles. The first-order chi connectivity index (χ1) is 12.8. The quantitative estimate of drug-likeness (QED) is 0.632. The largest absolute Gasteiger partial charge is 0.493 e. The van der Waals surface area contributed by atoms with Gasteiger partial charge in [0.1, 0.15) is 11.5 Å². The minimum Gasteiger partial charge on any atom is -0.493 e. The zero-order valence-electron chi connectivity index (χ0n) is 14.8. The fourth-order valence-corrected chi connectivity index (χ4v) is 2.36. The Morgan fingerprint density at radius 2 is 1.67 bits per heavy atom. The smallest absolute Gasteiger partial charge is 0.416 e. The molecule has 0 aliphatic rings. The third-order valence-electron chi connectivity index (χ3n) is 3.87. The molecule has 0 amide bonds. The summed E-state index contributed by atoms with van der Waals surface area (Å²) in [5.74, 6) is -0.483. The number of carbonyl (C=O) groups is 1. The zero-order chi connectivity index (χ0) is 19.9. The maximum atomic E-state index is 12.6. The lowest BCUT2D eigenvalue weighted by atomic mass is 10.0. The van der Waals surface area contributed by atoms with E-state index in [-0.39, 0.29) is 12.4 Å². The van der Waals surface area contributed by atoms with E-state index < -0.39 is 23.6 Å². The number of aliphatic carboxylic acids is 1. The number of hydrogen-bond donors (Lipinski definition) is 1. The topological polar surface area (TPSA) is 55.8 Å². The average molecular weight is 382 g/mol. The van der Waals surface area contributed by atoms with Gasteiger partial charge < -0.3 is 14.6 Å². The second kappa shape index (κ2) is 9.30. The summed E-state index contributed by atoms with van der Waals surface area (Å²) in [6, 6.07) is 11.9. The number of alkyl halides is 3. The van der Waals surface area contributed by atoms with Gasteiger partial charge in [0, 0.05) is 6.42 Å². The minimum atomic E-state index is -4.39. The fraction of sp³-hybridized carbons (Fsp3) is 0.350. The van der Waals surface area contributed by atoms with Crippen LogP contribution in [0.4, 0.5) is 13.2 Å². The number of carboxylic acids is 1. The van der Waals surface area contributed by atoms with Crippen molar-refractivity contribution in [1.29, 1.82) is 0 Å². The first-order valence-corrected chi connectivity index (χ1v) is 8.50. The molecule has 4 nitrogen and oxygen atoms in total. The van der Waals surface area contributed by atoms with Crippen molar-refractivity contribution < 1.29 is 32.5 Å². The van der Waals surface area contributed by atoms with Crippen molar-refractivity contribution in [2.45, 2.75) is 25.9 Å². The number of halogens is 3. The molecule has 0 spiro atoms. The molecule has 0 aromatic heterocycles. The Morgan fingerprint density at radius 3 is 2.26 bits per heavy atom. The van der Waals surface area contributed by atoms with Gasteiger partial charge in [0.2, 0.25) is 0 Å². The van der Waals surface area contributed by atoms with E-state index in [0.717, 1.165) is 17.7 Å². The summed E-state index contributed by atoms with van der Waals surface area (Å²) in [5, 5.41) is 8.91. The Hall–Kier alpha value is -2.70. The zero-order valence-corrected chi connectivity index (χ0v) is 14.8. The lowest BCUT2D eigenvalue weighted by Gasteiger charge is -2.11. The lowest BCUT2D eigenvalue weighted by Crippen LogP contribution is -2.12. The molecule has 27 heavy (non-hydrogen) atoms. The van der Waals surface area contributed by atoms with Gasteiger partial charge in [-0.2, -0.15) is 13.2 Å². The SMILES string of the molecule is CC(Cc1ccc(OCCCOc2cccc(C(F)(F)F)c2)cc1)C(=O)O. The Morgan fingerprint density at radius 1 is 1.04 bits per heavy atom. The van der Waals surface area contributed by atoms with E-state index >= 15 is 0 Å². The molecular formula is C20H21F3O4. The maximum Gasteiger partial charge on any atom is 0.416 e. The highest BCUT2D eigenvalue weighted by molar-refractivity contribution is 5.69. The Labute approximate surface area is 155 Å². The van der Waals surface area contributed by atoms with Crippen molar-refractivity contribution in [2.75, 3.05) is 13.2 Å². The van der Waals surface area contributed by atoms with Crippen LogP contribution in [0.25, 0.3) is 0 Å². The number of hydrogen-bond acceptors (Lipinski definition) is 3. The highest BCUT2D eigenvalue weighted by Crippen LogP contribution is 2.31. The van der Waals surface area contributed by atoms with Gasteiger partial charge in [-0.15, -0.1) is 0 Å². The predicted molar refractivity (Wildman–Crippen MR) is 94.0 cm³/mol. The van der Waals surface area contributed by atoms with Crippen LogP contribution in [0, 0.1) is 5.92 Å². The molecular weight excluding hydrogens is 361 g/mol. The summed E-state index contributed by atoms with van der Waals surface area (Å²) >= 11 is 0. The van der Waals surface area contributed by atoms with Gasteiger partial charge in [-0.1, -0.05) is 25.1 Å². The first kappa shape index (κ1) is 20.6. The van der Waals surface area contributed by atoms with E-state index in [1.165, 1.54) is 12.1 Å². The normalized spacial score (nSPS) is 12.4. The van der Waals surface area contributed by atoms with E-state index in [4.69, 9.17) is 14.6 Å². The maximum absolute atomic E-state index is 12.6.